The number of aliphatic hydroxyl groups is 1. The summed E-state index contributed by atoms with van der Waals surface area (Å²) in [6.45, 7) is -0.338. The van der Waals surface area contributed by atoms with Crippen molar-refractivity contribution in [2.45, 2.75) is 13.0 Å². The molecule has 0 unspecified atom stereocenters. The summed E-state index contributed by atoms with van der Waals surface area (Å²) in [5, 5.41) is 12.1. The van der Waals surface area contributed by atoms with E-state index in [9.17, 15) is 8.78 Å². The van der Waals surface area contributed by atoms with Crippen LogP contribution in [0.4, 0.5) is 8.78 Å². The first-order chi connectivity index (χ1) is 7.69. The lowest BCUT2D eigenvalue weighted by Gasteiger charge is -1.98. The Morgan fingerprint density at radius 1 is 1.31 bits per heavy atom. The molecule has 0 aliphatic heterocycles. The fraction of sp³-hybridized carbons (Fsp3) is 0.200. The van der Waals surface area contributed by atoms with Crippen LogP contribution in [0.2, 0.25) is 0 Å². The van der Waals surface area contributed by atoms with Gasteiger partial charge in [-0.15, -0.1) is 0 Å². The summed E-state index contributed by atoms with van der Waals surface area (Å²) in [5.41, 5.74) is 0.259. The minimum absolute atomic E-state index is 0.0686. The Morgan fingerprint density at radius 2 is 2.12 bits per heavy atom. The molecule has 0 saturated heterocycles. The van der Waals surface area contributed by atoms with Gasteiger partial charge in [-0.05, 0) is 11.6 Å². The van der Waals surface area contributed by atoms with E-state index in [2.05, 4.69) is 10.1 Å². The van der Waals surface area contributed by atoms with Crippen LogP contribution in [0.25, 0.3) is 0 Å². The van der Waals surface area contributed by atoms with Gasteiger partial charge in [0.05, 0.1) is 6.42 Å². The fourth-order valence-electron chi connectivity index (χ4n) is 1.25. The lowest BCUT2D eigenvalue weighted by Crippen LogP contribution is -1.94. The largest absolute Gasteiger partial charge is 0.388 e. The summed E-state index contributed by atoms with van der Waals surface area (Å²) < 4.78 is 30.6. The smallest absolute Gasteiger partial charge is 0.231 e. The van der Waals surface area contributed by atoms with E-state index in [0.717, 1.165) is 12.1 Å². The third-order valence-corrected chi connectivity index (χ3v) is 2.01. The summed E-state index contributed by atoms with van der Waals surface area (Å²) in [5.74, 6) is -0.987. The van der Waals surface area contributed by atoms with Crippen molar-refractivity contribution in [2.75, 3.05) is 0 Å². The van der Waals surface area contributed by atoms with Crippen molar-refractivity contribution in [3.8, 4) is 0 Å². The molecule has 16 heavy (non-hydrogen) atoms. The molecule has 1 aromatic heterocycles. The van der Waals surface area contributed by atoms with Crippen molar-refractivity contribution in [1.82, 2.24) is 10.1 Å². The number of rotatable bonds is 3. The molecule has 2 rings (SSSR count). The second-order valence-electron chi connectivity index (χ2n) is 3.17. The number of halogens is 2. The van der Waals surface area contributed by atoms with Crippen molar-refractivity contribution in [3.63, 3.8) is 0 Å². The van der Waals surface area contributed by atoms with E-state index in [1.54, 1.807) is 0 Å². The average molecular weight is 226 g/mol. The number of aliphatic hydroxyl groups excluding tert-OH is 1. The molecule has 6 heteroatoms. The van der Waals surface area contributed by atoms with Crippen LogP contribution in [-0.2, 0) is 13.0 Å². The van der Waals surface area contributed by atoms with E-state index in [0.29, 0.717) is 0 Å². The Bertz CT molecular complexity index is 499. The van der Waals surface area contributed by atoms with Crippen LogP contribution in [0, 0.1) is 11.6 Å². The van der Waals surface area contributed by atoms with Crippen molar-refractivity contribution in [2.24, 2.45) is 0 Å². The quantitative estimate of drug-likeness (QED) is 0.860. The van der Waals surface area contributed by atoms with Gasteiger partial charge in [0, 0.05) is 6.07 Å². The van der Waals surface area contributed by atoms with E-state index in [4.69, 9.17) is 9.63 Å². The van der Waals surface area contributed by atoms with Gasteiger partial charge in [0.15, 0.2) is 5.82 Å². The first-order valence-corrected chi connectivity index (χ1v) is 4.55. The Kier molecular flexibility index (Phi) is 2.91. The minimum Gasteiger partial charge on any atom is -0.388 e. The summed E-state index contributed by atoms with van der Waals surface area (Å²) in [4.78, 5) is 3.80. The van der Waals surface area contributed by atoms with Gasteiger partial charge in [-0.1, -0.05) is 11.2 Å². The maximum Gasteiger partial charge on any atom is 0.231 e. The van der Waals surface area contributed by atoms with Crippen molar-refractivity contribution >= 4 is 0 Å². The number of hydrogen-bond donors (Lipinski definition) is 1. The second kappa shape index (κ2) is 4.36. The molecule has 0 radical (unpaired) electrons. The van der Waals surface area contributed by atoms with E-state index in [1.165, 1.54) is 6.07 Å². The molecule has 0 fully saturated rings. The van der Waals surface area contributed by atoms with Crippen LogP contribution in [0.3, 0.4) is 0 Å². The predicted octanol–water partition coefficient (Wildman–Crippen LogP) is 1.43. The third-order valence-electron chi connectivity index (χ3n) is 2.01. The lowest BCUT2D eigenvalue weighted by atomic mass is 10.1. The molecule has 0 bridgehead atoms. The molecule has 1 heterocycles. The van der Waals surface area contributed by atoms with Crippen LogP contribution >= 0.6 is 0 Å². The van der Waals surface area contributed by atoms with E-state index in [-0.39, 0.29) is 30.3 Å². The van der Waals surface area contributed by atoms with Gasteiger partial charge < -0.3 is 9.63 Å². The molecule has 0 aliphatic rings. The first kappa shape index (κ1) is 10.7. The SMILES string of the molecule is OCc1noc(Cc2ccc(F)cc2F)n1. The highest BCUT2D eigenvalue weighted by molar-refractivity contribution is 5.21. The second-order valence-corrected chi connectivity index (χ2v) is 3.17. The molecule has 84 valence electrons. The normalized spacial score (nSPS) is 10.7. The van der Waals surface area contributed by atoms with E-state index >= 15 is 0 Å². The van der Waals surface area contributed by atoms with Gasteiger partial charge >= 0.3 is 0 Å². The van der Waals surface area contributed by atoms with Crippen LogP contribution in [0.1, 0.15) is 17.3 Å². The van der Waals surface area contributed by atoms with Crippen molar-refractivity contribution in [1.29, 1.82) is 0 Å². The molecule has 1 N–H and O–H groups in total. The first-order valence-electron chi connectivity index (χ1n) is 4.55. The van der Waals surface area contributed by atoms with Crippen LogP contribution in [-0.4, -0.2) is 15.2 Å². The number of nitrogens with zero attached hydrogens (tertiary/aromatic N) is 2. The fourth-order valence-corrected chi connectivity index (χ4v) is 1.25. The third kappa shape index (κ3) is 2.22. The molecule has 2 aromatic rings. The Balaban J connectivity index is 2.20. The van der Waals surface area contributed by atoms with Gasteiger partial charge in [-0.3, -0.25) is 0 Å². The maximum atomic E-state index is 13.2. The van der Waals surface area contributed by atoms with Crippen LogP contribution in [0.15, 0.2) is 22.7 Å². The lowest BCUT2D eigenvalue weighted by molar-refractivity contribution is 0.263. The van der Waals surface area contributed by atoms with Gasteiger partial charge in [-0.25, -0.2) is 8.78 Å². The zero-order chi connectivity index (χ0) is 11.5. The summed E-state index contributed by atoms with van der Waals surface area (Å²) in [6, 6.07) is 3.26. The molecule has 4 nitrogen and oxygen atoms in total. The summed E-state index contributed by atoms with van der Waals surface area (Å²) >= 11 is 0. The molecular weight excluding hydrogens is 218 g/mol. The molecule has 1 aromatic carbocycles. The topological polar surface area (TPSA) is 59.2 Å². The maximum absolute atomic E-state index is 13.2. The Morgan fingerprint density at radius 3 is 2.75 bits per heavy atom. The zero-order valence-electron chi connectivity index (χ0n) is 8.15. The van der Waals surface area contributed by atoms with E-state index < -0.39 is 11.6 Å². The van der Waals surface area contributed by atoms with E-state index in [1.807, 2.05) is 0 Å². The number of benzene rings is 1. The van der Waals surface area contributed by atoms with Crippen LogP contribution in [0.5, 0.6) is 0 Å². The highest BCUT2D eigenvalue weighted by Crippen LogP contribution is 2.13. The monoisotopic (exact) mass is 226 g/mol. The van der Waals surface area contributed by atoms with Gasteiger partial charge in [0.25, 0.3) is 0 Å². The standard InChI is InChI=1S/C10H8F2N2O2/c11-7-2-1-6(8(12)4-7)3-10-13-9(5-15)14-16-10/h1-2,4,15H,3,5H2. The Hall–Kier alpha value is -1.82. The molecule has 0 aliphatic carbocycles. The van der Waals surface area contributed by atoms with Crippen molar-refractivity contribution in [3.05, 3.63) is 47.1 Å². The predicted molar refractivity (Wildman–Crippen MR) is 49.4 cm³/mol. The highest BCUT2D eigenvalue weighted by Gasteiger charge is 2.10. The minimum atomic E-state index is -0.663. The van der Waals surface area contributed by atoms with Gasteiger partial charge in [0.1, 0.15) is 18.2 Å². The van der Waals surface area contributed by atoms with Gasteiger partial charge in [-0.2, -0.15) is 4.98 Å². The molecular formula is C10H8F2N2O2. The Labute approximate surface area is 89.5 Å². The molecule has 0 spiro atoms. The van der Waals surface area contributed by atoms with Gasteiger partial charge in [0.2, 0.25) is 5.89 Å². The average Bonchev–Trinajstić information content (AvgIpc) is 2.70. The van der Waals surface area contributed by atoms with Crippen LogP contribution < -0.4 is 0 Å². The number of hydrogen-bond acceptors (Lipinski definition) is 4. The highest BCUT2D eigenvalue weighted by atomic mass is 19.1. The zero-order valence-corrected chi connectivity index (χ0v) is 8.15. The molecule has 0 atom stereocenters. The molecule has 0 amide bonds. The molecule has 0 saturated carbocycles. The summed E-state index contributed by atoms with van der Waals surface area (Å²) in [6.07, 6.45) is 0.0686. The summed E-state index contributed by atoms with van der Waals surface area (Å²) in [7, 11) is 0. The van der Waals surface area contributed by atoms with Crippen molar-refractivity contribution < 1.29 is 18.4 Å². The number of aromatic nitrogens is 2.